The molecule has 0 bridgehead atoms. The second kappa shape index (κ2) is 6.22. The van der Waals surface area contributed by atoms with Gasteiger partial charge in [-0.3, -0.25) is 5.10 Å². The van der Waals surface area contributed by atoms with E-state index in [0.717, 1.165) is 37.0 Å². The van der Waals surface area contributed by atoms with Crippen molar-refractivity contribution in [1.29, 1.82) is 0 Å². The average molecular weight is 329 g/mol. The Kier molecular flexibility index (Phi) is 3.92. The maximum atomic E-state index is 5.62. The zero-order chi connectivity index (χ0) is 16.5. The first-order valence-electron chi connectivity index (χ1n) is 8.50. The highest BCUT2D eigenvalue weighted by molar-refractivity contribution is 5.42. The van der Waals surface area contributed by atoms with Crippen LogP contribution in [0, 0.1) is 0 Å². The summed E-state index contributed by atoms with van der Waals surface area (Å²) in [5.41, 5.74) is 1.10. The van der Waals surface area contributed by atoms with Gasteiger partial charge in [0, 0.05) is 24.6 Å². The molecule has 1 aliphatic heterocycles. The molecule has 4 rings (SSSR count). The SMILES string of the molecule is CC(C)Oc1cc(N2CC=CN(Cc3cc(C4CC4)no3)C2)[nH]n1. The largest absolute Gasteiger partial charge is 0.474 e. The van der Waals surface area contributed by atoms with Crippen LogP contribution in [0.4, 0.5) is 5.82 Å². The lowest BCUT2D eigenvalue weighted by molar-refractivity contribution is 0.232. The van der Waals surface area contributed by atoms with E-state index in [4.69, 9.17) is 9.26 Å². The molecule has 1 aliphatic carbocycles. The molecule has 2 aromatic heterocycles. The van der Waals surface area contributed by atoms with Crippen molar-refractivity contribution in [3.63, 3.8) is 0 Å². The Bertz CT molecular complexity index is 716. The summed E-state index contributed by atoms with van der Waals surface area (Å²) >= 11 is 0. The number of rotatable bonds is 6. The number of H-pyrrole nitrogens is 1. The molecular weight excluding hydrogens is 306 g/mol. The summed E-state index contributed by atoms with van der Waals surface area (Å²) in [6, 6.07) is 4.03. The highest BCUT2D eigenvalue weighted by atomic mass is 16.5. The van der Waals surface area contributed by atoms with Gasteiger partial charge >= 0.3 is 0 Å². The first-order chi connectivity index (χ1) is 11.7. The van der Waals surface area contributed by atoms with Crippen LogP contribution in [0.3, 0.4) is 0 Å². The molecule has 128 valence electrons. The van der Waals surface area contributed by atoms with E-state index in [1.807, 2.05) is 19.9 Å². The van der Waals surface area contributed by atoms with Crippen LogP contribution in [0.25, 0.3) is 0 Å². The van der Waals surface area contributed by atoms with Crippen LogP contribution >= 0.6 is 0 Å². The van der Waals surface area contributed by atoms with Gasteiger partial charge in [-0.05, 0) is 39.0 Å². The molecule has 0 atom stereocenters. The third-order valence-electron chi connectivity index (χ3n) is 4.16. The van der Waals surface area contributed by atoms with Crippen LogP contribution in [-0.4, -0.2) is 39.6 Å². The number of nitrogens with zero attached hydrogens (tertiary/aromatic N) is 4. The Hall–Kier alpha value is -2.44. The lowest BCUT2D eigenvalue weighted by atomic mass is 10.2. The molecule has 0 radical (unpaired) electrons. The summed E-state index contributed by atoms with van der Waals surface area (Å²) < 4.78 is 11.1. The third-order valence-corrected chi connectivity index (χ3v) is 4.16. The molecule has 0 amide bonds. The minimum absolute atomic E-state index is 0.117. The Morgan fingerprint density at radius 2 is 2.25 bits per heavy atom. The second-order valence-electron chi connectivity index (χ2n) is 6.75. The van der Waals surface area contributed by atoms with Gasteiger partial charge < -0.3 is 19.1 Å². The maximum absolute atomic E-state index is 5.62. The Morgan fingerprint density at radius 3 is 3.04 bits per heavy atom. The van der Waals surface area contributed by atoms with Crippen LogP contribution < -0.4 is 9.64 Å². The van der Waals surface area contributed by atoms with Crippen LogP contribution in [-0.2, 0) is 6.54 Å². The number of hydrogen-bond donors (Lipinski definition) is 1. The number of aromatic amines is 1. The molecule has 2 aromatic rings. The van der Waals surface area contributed by atoms with Gasteiger partial charge in [0.05, 0.1) is 25.0 Å². The van der Waals surface area contributed by atoms with Crippen molar-refractivity contribution in [3.05, 3.63) is 35.9 Å². The van der Waals surface area contributed by atoms with Gasteiger partial charge in [0.2, 0.25) is 5.88 Å². The Morgan fingerprint density at radius 1 is 1.38 bits per heavy atom. The fraction of sp³-hybridized carbons (Fsp3) is 0.529. The first kappa shape index (κ1) is 15.1. The lowest BCUT2D eigenvalue weighted by Gasteiger charge is -2.32. The van der Waals surface area contributed by atoms with E-state index in [0.29, 0.717) is 11.8 Å². The number of ether oxygens (including phenoxy) is 1. The second-order valence-corrected chi connectivity index (χ2v) is 6.75. The summed E-state index contributed by atoms with van der Waals surface area (Å²) in [4.78, 5) is 4.41. The highest BCUT2D eigenvalue weighted by Crippen LogP contribution is 2.39. The first-order valence-corrected chi connectivity index (χ1v) is 8.50. The molecular formula is C17H23N5O2. The molecule has 3 heterocycles. The van der Waals surface area contributed by atoms with Crippen molar-refractivity contribution >= 4 is 5.82 Å². The van der Waals surface area contributed by atoms with E-state index in [9.17, 15) is 0 Å². The predicted molar refractivity (Wildman–Crippen MR) is 89.7 cm³/mol. The Balaban J connectivity index is 1.38. The smallest absolute Gasteiger partial charge is 0.234 e. The minimum Gasteiger partial charge on any atom is -0.474 e. The normalized spacial score (nSPS) is 17.8. The zero-order valence-electron chi connectivity index (χ0n) is 14.1. The van der Waals surface area contributed by atoms with Crippen molar-refractivity contribution in [2.24, 2.45) is 0 Å². The lowest BCUT2D eigenvalue weighted by Crippen LogP contribution is -2.38. The molecule has 0 aromatic carbocycles. The van der Waals surface area contributed by atoms with E-state index < -0.39 is 0 Å². The van der Waals surface area contributed by atoms with Gasteiger partial charge in [-0.2, -0.15) is 0 Å². The summed E-state index contributed by atoms with van der Waals surface area (Å²) in [5, 5.41) is 11.4. The number of hydrogen-bond acceptors (Lipinski definition) is 6. The fourth-order valence-corrected chi connectivity index (χ4v) is 2.86. The number of aromatic nitrogens is 3. The number of nitrogens with one attached hydrogen (secondary N) is 1. The summed E-state index contributed by atoms with van der Waals surface area (Å²) in [6.45, 7) is 6.30. The molecule has 0 spiro atoms. The third kappa shape index (κ3) is 3.39. The zero-order valence-corrected chi connectivity index (χ0v) is 14.1. The van der Waals surface area contributed by atoms with E-state index in [-0.39, 0.29) is 6.10 Å². The van der Waals surface area contributed by atoms with Crippen LogP contribution in [0.15, 0.2) is 28.9 Å². The molecule has 0 saturated heterocycles. The van der Waals surface area contributed by atoms with Crippen LogP contribution in [0.5, 0.6) is 5.88 Å². The summed E-state index contributed by atoms with van der Waals surface area (Å²) in [5.74, 6) is 3.12. The van der Waals surface area contributed by atoms with E-state index in [1.165, 1.54) is 12.8 Å². The quantitative estimate of drug-likeness (QED) is 0.879. The fourth-order valence-electron chi connectivity index (χ4n) is 2.86. The van der Waals surface area contributed by atoms with Gasteiger partial charge in [-0.1, -0.05) is 5.16 Å². The minimum atomic E-state index is 0.117. The van der Waals surface area contributed by atoms with Crippen molar-refractivity contribution in [1.82, 2.24) is 20.3 Å². The topological polar surface area (TPSA) is 70.4 Å². The van der Waals surface area contributed by atoms with Crippen molar-refractivity contribution in [3.8, 4) is 5.88 Å². The molecule has 24 heavy (non-hydrogen) atoms. The van der Waals surface area contributed by atoms with Crippen molar-refractivity contribution in [2.75, 3.05) is 18.1 Å². The van der Waals surface area contributed by atoms with Gasteiger partial charge in [0.15, 0.2) is 5.76 Å². The maximum Gasteiger partial charge on any atom is 0.234 e. The molecule has 0 unspecified atom stereocenters. The van der Waals surface area contributed by atoms with E-state index in [1.54, 1.807) is 0 Å². The van der Waals surface area contributed by atoms with Crippen molar-refractivity contribution < 1.29 is 9.26 Å². The summed E-state index contributed by atoms with van der Waals surface area (Å²) in [7, 11) is 0. The molecule has 7 heteroatoms. The molecule has 7 nitrogen and oxygen atoms in total. The highest BCUT2D eigenvalue weighted by Gasteiger charge is 2.27. The standard InChI is InChI=1S/C17H23N5O2/c1-12(2)23-17-9-16(18-19-17)22-7-3-6-21(11-22)10-14-8-15(20-24-14)13-4-5-13/h3,6,8-9,12-13H,4-5,7,10-11H2,1-2H3,(H,18,19). The van der Waals surface area contributed by atoms with Gasteiger partial charge in [-0.25, -0.2) is 0 Å². The molecule has 1 N–H and O–H groups in total. The summed E-state index contributed by atoms with van der Waals surface area (Å²) in [6.07, 6.45) is 6.84. The van der Waals surface area contributed by atoms with Gasteiger partial charge in [-0.15, -0.1) is 5.10 Å². The predicted octanol–water partition coefficient (Wildman–Crippen LogP) is 2.86. The molecule has 1 saturated carbocycles. The Labute approximate surface area is 141 Å². The van der Waals surface area contributed by atoms with Gasteiger partial charge in [0.1, 0.15) is 5.82 Å². The van der Waals surface area contributed by atoms with Crippen molar-refractivity contribution in [2.45, 2.75) is 45.3 Å². The number of anilines is 1. The van der Waals surface area contributed by atoms with Crippen LogP contribution in [0.1, 0.15) is 44.1 Å². The van der Waals surface area contributed by atoms with Crippen LogP contribution in [0.2, 0.25) is 0 Å². The van der Waals surface area contributed by atoms with E-state index in [2.05, 4.69) is 43.5 Å². The van der Waals surface area contributed by atoms with E-state index >= 15 is 0 Å². The molecule has 2 aliphatic rings. The molecule has 1 fully saturated rings. The monoisotopic (exact) mass is 329 g/mol. The average Bonchev–Trinajstić information content (AvgIpc) is 3.13. The van der Waals surface area contributed by atoms with Gasteiger partial charge in [0.25, 0.3) is 0 Å².